The largest absolute Gasteiger partial charge is 0.480 e. The van der Waals surface area contributed by atoms with Crippen LogP contribution < -0.4 is 10.6 Å². The molecule has 1 heterocycles. The molecule has 10 nitrogen and oxygen atoms in total. The van der Waals surface area contributed by atoms with E-state index in [4.69, 9.17) is 4.74 Å². The fourth-order valence-electron chi connectivity index (χ4n) is 3.43. The number of aromatic amines is 1. The van der Waals surface area contributed by atoms with Crippen LogP contribution in [0.15, 0.2) is 60.8 Å². The lowest BCUT2D eigenvalue weighted by atomic mass is 10.0. The zero-order valence-electron chi connectivity index (χ0n) is 18.2. The van der Waals surface area contributed by atoms with Crippen molar-refractivity contribution < 1.29 is 34.1 Å². The van der Waals surface area contributed by atoms with Crippen LogP contribution in [-0.2, 0) is 32.1 Å². The van der Waals surface area contributed by atoms with Gasteiger partial charge < -0.3 is 30.6 Å². The van der Waals surface area contributed by atoms with Crippen LogP contribution in [0.3, 0.4) is 0 Å². The van der Waals surface area contributed by atoms with Gasteiger partial charge in [-0.2, -0.15) is 0 Å². The number of alkyl carbamates (subject to hydrolysis) is 1. The van der Waals surface area contributed by atoms with Crippen LogP contribution in [0.25, 0.3) is 10.9 Å². The molecule has 0 aliphatic rings. The fraction of sp³-hybridized carbons (Fsp3) is 0.250. The van der Waals surface area contributed by atoms with E-state index in [1.807, 2.05) is 30.3 Å². The molecule has 0 saturated carbocycles. The lowest BCUT2D eigenvalue weighted by Crippen LogP contribution is -2.44. The normalized spacial score (nSPS) is 12.5. The first-order chi connectivity index (χ1) is 16.3. The Morgan fingerprint density at radius 2 is 1.56 bits per heavy atom. The molecule has 0 bridgehead atoms. The first kappa shape index (κ1) is 24.3. The van der Waals surface area contributed by atoms with E-state index < -0.39 is 36.0 Å². The van der Waals surface area contributed by atoms with Crippen molar-refractivity contribution in [3.63, 3.8) is 0 Å². The summed E-state index contributed by atoms with van der Waals surface area (Å²) in [6.45, 7) is -0.0341. The van der Waals surface area contributed by atoms with Crippen LogP contribution in [0.2, 0.25) is 0 Å². The van der Waals surface area contributed by atoms with E-state index in [0.717, 1.165) is 22.0 Å². The highest BCUT2D eigenvalue weighted by atomic mass is 16.5. The Bertz CT molecular complexity index is 1160. The fourth-order valence-corrected chi connectivity index (χ4v) is 3.43. The topological polar surface area (TPSA) is 158 Å². The molecule has 2 aromatic carbocycles. The van der Waals surface area contributed by atoms with Gasteiger partial charge in [-0.25, -0.2) is 14.4 Å². The Hall–Kier alpha value is -4.34. The van der Waals surface area contributed by atoms with E-state index in [9.17, 15) is 29.4 Å². The third-order valence-corrected chi connectivity index (χ3v) is 5.20. The van der Waals surface area contributed by atoms with Gasteiger partial charge in [-0.05, 0) is 23.6 Å². The zero-order valence-corrected chi connectivity index (χ0v) is 18.2. The Labute approximate surface area is 194 Å². The number of benzene rings is 2. The predicted molar refractivity (Wildman–Crippen MR) is 122 cm³/mol. The minimum absolute atomic E-state index is 0.0341. The second-order valence-corrected chi connectivity index (χ2v) is 7.66. The van der Waals surface area contributed by atoms with Crippen LogP contribution in [-0.4, -0.2) is 51.2 Å². The second-order valence-electron chi connectivity index (χ2n) is 7.66. The minimum atomic E-state index is -1.37. The van der Waals surface area contributed by atoms with Gasteiger partial charge in [0.05, 0.1) is 0 Å². The van der Waals surface area contributed by atoms with Crippen molar-refractivity contribution in [3.8, 4) is 0 Å². The molecule has 2 amide bonds. The number of ether oxygens (including phenoxy) is 1. The van der Waals surface area contributed by atoms with Gasteiger partial charge in [0.2, 0.25) is 5.91 Å². The van der Waals surface area contributed by atoms with Gasteiger partial charge in [0.25, 0.3) is 0 Å². The van der Waals surface area contributed by atoms with Gasteiger partial charge in [0.15, 0.2) is 0 Å². The molecule has 0 fully saturated rings. The molecule has 3 rings (SSSR count). The lowest BCUT2D eigenvalue weighted by Gasteiger charge is -2.17. The first-order valence-corrected chi connectivity index (χ1v) is 10.6. The van der Waals surface area contributed by atoms with Crippen molar-refractivity contribution in [1.29, 1.82) is 0 Å². The molecule has 0 unspecified atom stereocenters. The second kappa shape index (κ2) is 11.5. The van der Waals surface area contributed by atoms with Gasteiger partial charge in [0.1, 0.15) is 18.7 Å². The smallest absolute Gasteiger partial charge is 0.408 e. The highest BCUT2D eigenvalue weighted by Crippen LogP contribution is 2.19. The van der Waals surface area contributed by atoms with Gasteiger partial charge in [0, 0.05) is 29.9 Å². The molecule has 0 saturated heterocycles. The third kappa shape index (κ3) is 6.83. The number of hydrogen-bond acceptors (Lipinski definition) is 5. The molecule has 10 heteroatoms. The monoisotopic (exact) mass is 467 g/mol. The summed E-state index contributed by atoms with van der Waals surface area (Å²) in [6.07, 6.45) is 0.282. The molecule has 2 atom stereocenters. The Kier molecular flexibility index (Phi) is 8.22. The van der Waals surface area contributed by atoms with Crippen LogP contribution in [0, 0.1) is 0 Å². The van der Waals surface area contributed by atoms with Gasteiger partial charge in [-0.3, -0.25) is 4.79 Å². The molecule has 0 radical (unpaired) electrons. The summed E-state index contributed by atoms with van der Waals surface area (Å²) in [5.41, 5.74) is 2.32. The number of H-pyrrole nitrogens is 1. The van der Waals surface area contributed by atoms with Crippen molar-refractivity contribution in [2.45, 2.75) is 38.0 Å². The summed E-state index contributed by atoms with van der Waals surface area (Å²) in [6, 6.07) is 13.7. The molecular formula is C24H25N3O7. The predicted octanol–water partition coefficient (Wildman–Crippen LogP) is 2.44. The lowest BCUT2D eigenvalue weighted by molar-refractivity contribution is -0.142. The van der Waals surface area contributed by atoms with E-state index >= 15 is 0 Å². The van der Waals surface area contributed by atoms with Crippen LogP contribution in [0.4, 0.5) is 4.79 Å². The first-order valence-electron chi connectivity index (χ1n) is 10.6. The Morgan fingerprint density at radius 3 is 2.26 bits per heavy atom. The highest BCUT2D eigenvalue weighted by Gasteiger charge is 2.25. The summed E-state index contributed by atoms with van der Waals surface area (Å²) < 4.78 is 5.01. The summed E-state index contributed by atoms with van der Waals surface area (Å²) in [5.74, 6) is -3.19. The van der Waals surface area contributed by atoms with Crippen molar-refractivity contribution >= 4 is 34.8 Å². The molecule has 178 valence electrons. The maximum Gasteiger partial charge on any atom is 0.408 e. The summed E-state index contributed by atoms with van der Waals surface area (Å²) in [5, 5.41) is 24.4. The summed E-state index contributed by atoms with van der Waals surface area (Å²) in [7, 11) is 0. The van der Waals surface area contributed by atoms with E-state index in [1.54, 1.807) is 30.5 Å². The number of carboxylic acids is 2. The van der Waals surface area contributed by atoms with Crippen LogP contribution >= 0.6 is 0 Å². The summed E-state index contributed by atoms with van der Waals surface area (Å²) >= 11 is 0. The van der Waals surface area contributed by atoms with E-state index in [1.165, 1.54) is 0 Å². The number of rotatable bonds is 11. The summed E-state index contributed by atoms with van der Waals surface area (Å²) in [4.78, 5) is 50.5. The number of nitrogens with one attached hydrogen (secondary N) is 3. The molecule has 5 N–H and O–H groups in total. The number of para-hydroxylation sites is 1. The van der Waals surface area contributed by atoms with Crippen LogP contribution in [0.1, 0.15) is 24.0 Å². The SMILES string of the molecule is O=C(CC[C@@H](NC(=O)OCc1ccccc1)C(=O)O)N[C@@H](Cc1c[nH]c2ccccc12)C(=O)O. The Balaban J connectivity index is 1.51. The molecule has 0 aliphatic heterocycles. The van der Waals surface area contributed by atoms with Crippen LogP contribution in [0.5, 0.6) is 0 Å². The number of carbonyl (C=O) groups excluding carboxylic acids is 2. The molecular weight excluding hydrogens is 442 g/mol. The van der Waals surface area contributed by atoms with Crippen molar-refractivity contribution in [2.24, 2.45) is 0 Å². The molecule has 0 aliphatic carbocycles. The number of fused-ring (bicyclic) bond motifs is 1. The van der Waals surface area contributed by atoms with E-state index in [0.29, 0.717) is 0 Å². The standard InChI is InChI=1S/C24H25N3O7/c28-21(26-20(23(31)32)12-16-13-25-18-9-5-4-8-17(16)18)11-10-19(22(29)30)27-24(33)34-14-15-6-2-1-3-7-15/h1-9,13,19-20,25H,10-12,14H2,(H,26,28)(H,27,33)(H,29,30)(H,31,32)/t19-,20+/m1/s1. The van der Waals surface area contributed by atoms with Gasteiger partial charge >= 0.3 is 18.0 Å². The Morgan fingerprint density at radius 1 is 0.882 bits per heavy atom. The molecule has 34 heavy (non-hydrogen) atoms. The molecule has 3 aromatic rings. The maximum absolute atomic E-state index is 12.4. The van der Waals surface area contributed by atoms with Crippen molar-refractivity contribution in [3.05, 3.63) is 71.9 Å². The number of hydrogen-bond donors (Lipinski definition) is 5. The van der Waals surface area contributed by atoms with E-state index in [-0.39, 0.29) is 25.9 Å². The average molecular weight is 467 g/mol. The average Bonchev–Trinajstić information content (AvgIpc) is 3.23. The molecule has 1 aromatic heterocycles. The number of aliphatic carboxylic acids is 2. The highest BCUT2D eigenvalue weighted by molar-refractivity contribution is 5.87. The number of carboxylic acid groups (broad SMARTS) is 2. The van der Waals surface area contributed by atoms with Crippen molar-refractivity contribution in [2.75, 3.05) is 0 Å². The van der Waals surface area contributed by atoms with E-state index in [2.05, 4.69) is 15.6 Å². The third-order valence-electron chi connectivity index (χ3n) is 5.20. The maximum atomic E-state index is 12.4. The zero-order chi connectivity index (χ0) is 24.5. The quantitative estimate of drug-likeness (QED) is 0.290. The number of aromatic nitrogens is 1. The van der Waals surface area contributed by atoms with Gasteiger partial charge in [-0.1, -0.05) is 48.5 Å². The number of amides is 2. The molecule has 0 spiro atoms. The minimum Gasteiger partial charge on any atom is -0.480 e. The van der Waals surface area contributed by atoms with Crippen molar-refractivity contribution in [1.82, 2.24) is 15.6 Å². The number of carbonyl (C=O) groups is 4. The van der Waals surface area contributed by atoms with Gasteiger partial charge in [-0.15, -0.1) is 0 Å².